The largest absolute Gasteiger partial charge is 0.508 e. The standard InChI is InChI=1S/C23H24F3N3O3/c24-23(25,26)19-7-2-1-6-17(19)21(31)28-9-4-10-29(12-11-28)22(32)27-16-13-15-5-3-8-20(30)18(15)14-16/h1-3,5-8,16,30H,4,9-14H2,(H,27,32). The zero-order valence-corrected chi connectivity index (χ0v) is 17.4. The van der Waals surface area contributed by atoms with E-state index in [1.54, 1.807) is 17.0 Å². The average molecular weight is 447 g/mol. The van der Waals surface area contributed by atoms with Crippen molar-refractivity contribution in [3.05, 3.63) is 64.7 Å². The maximum atomic E-state index is 13.3. The summed E-state index contributed by atoms with van der Waals surface area (Å²) in [4.78, 5) is 28.6. The van der Waals surface area contributed by atoms with Crippen LogP contribution in [0, 0.1) is 0 Å². The number of nitrogens with zero attached hydrogens (tertiary/aromatic N) is 2. The van der Waals surface area contributed by atoms with Crippen LogP contribution in [0.15, 0.2) is 42.5 Å². The van der Waals surface area contributed by atoms with E-state index in [1.165, 1.54) is 23.1 Å². The lowest BCUT2D eigenvalue weighted by molar-refractivity contribution is -0.138. The van der Waals surface area contributed by atoms with Crippen LogP contribution in [0.1, 0.15) is 33.5 Å². The molecule has 2 aromatic rings. The number of carbonyl (C=O) groups is 2. The molecule has 0 spiro atoms. The first-order valence-corrected chi connectivity index (χ1v) is 10.5. The third kappa shape index (κ3) is 4.51. The molecule has 32 heavy (non-hydrogen) atoms. The summed E-state index contributed by atoms with van der Waals surface area (Å²) in [6.45, 7) is 1.07. The van der Waals surface area contributed by atoms with Crippen molar-refractivity contribution in [2.45, 2.75) is 31.5 Å². The maximum absolute atomic E-state index is 13.3. The number of carbonyl (C=O) groups excluding carboxylic acids is 2. The minimum absolute atomic E-state index is 0.134. The molecule has 2 aliphatic rings. The molecular weight excluding hydrogens is 423 g/mol. The monoisotopic (exact) mass is 447 g/mol. The molecule has 1 aliphatic heterocycles. The van der Waals surface area contributed by atoms with Crippen LogP contribution in [-0.4, -0.2) is 59.1 Å². The first-order chi connectivity index (χ1) is 15.2. The SMILES string of the molecule is O=C(NC1Cc2cccc(O)c2C1)N1CCCN(C(=O)c2ccccc2C(F)(F)F)CC1. The number of halogens is 3. The number of aromatic hydroxyl groups is 1. The minimum atomic E-state index is -4.61. The molecule has 1 saturated heterocycles. The predicted octanol–water partition coefficient (Wildman–Crippen LogP) is 3.44. The van der Waals surface area contributed by atoms with Gasteiger partial charge in [0.25, 0.3) is 5.91 Å². The number of amides is 3. The van der Waals surface area contributed by atoms with Gasteiger partial charge in [-0.3, -0.25) is 4.79 Å². The van der Waals surface area contributed by atoms with Crippen LogP contribution in [0.2, 0.25) is 0 Å². The van der Waals surface area contributed by atoms with Crippen LogP contribution < -0.4 is 5.32 Å². The Labute approximate surface area is 183 Å². The number of nitrogens with one attached hydrogen (secondary N) is 1. The van der Waals surface area contributed by atoms with E-state index in [1.807, 2.05) is 6.07 Å². The highest BCUT2D eigenvalue weighted by molar-refractivity contribution is 5.96. The molecule has 1 atom stereocenters. The summed E-state index contributed by atoms with van der Waals surface area (Å²) in [6, 6.07) is 9.69. The molecule has 2 aromatic carbocycles. The van der Waals surface area contributed by atoms with Gasteiger partial charge in [-0.15, -0.1) is 0 Å². The van der Waals surface area contributed by atoms with Gasteiger partial charge < -0.3 is 20.2 Å². The van der Waals surface area contributed by atoms with E-state index in [4.69, 9.17) is 0 Å². The Hall–Kier alpha value is -3.23. The van der Waals surface area contributed by atoms with Crippen molar-refractivity contribution >= 4 is 11.9 Å². The van der Waals surface area contributed by atoms with Crippen LogP contribution in [0.25, 0.3) is 0 Å². The Morgan fingerprint density at radius 1 is 0.938 bits per heavy atom. The smallest absolute Gasteiger partial charge is 0.417 e. The molecule has 1 aliphatic carbocycles. The van der Waals surface area contributed by atoms with Gasteiger partial charge in [-0.1, -0.05) is 24.3 Å². The van der Waals surface area contributed by atoms with Gasteiger partial charge in [-0.05, 0) is 48.6 Å². The Kier molecular flexibility index (Phi) is 5.99. The summed E-state index contributed by atoms with van der Waals surface area (Å²) >= 11 is 0. The van der Waals surface area contributed by atoms with Gasteiger partial charge in [0.2, 0.25) is 0 Å². The van der Waals surface area contributed by atoms with Crippen LogP contribution in [0.5, 0.6) is 5.75 Å². The van der Waals surface area contributed by atoms with Crippen LogP contribution >= 0.6 is 0 Å². The average Bonchev–Trinajstić information content (AvgIpc) is 3.01. The van der Waals surface area contributed by atoms with Crippen molar-refractivity contribution in [1.82, 2.24) is 15.1 Å². The zero-order valence-electron chi connectivity index (χ0n) is 17.4. The summed E-state index contributed by atoms with van der Waals surface area (Å²) in [6.07, 6.45) is -2.97. The molecule has 1 unspecified atom stereocenters. The number of phenols is 1. The van der Waals surface area contributed by atoms with E-state index in [2.05, 4.69) is 5.32 Å². The topological polar surface area (TPSA) is 72.9 Å². The van der Waals surface area contributed by atoms with Gasteiger partial charge >= 0.3 is 12.2 Å². The van der Waals surface area contributed by atoms with E-state index in [0.29, 0.717) is 25.8 Å². The predicted molar refractivity (Wildman–Crippen MR) is 111 cm³/mol. The molecule has 0 bridgehead atoms. The summed E-state index contributed by atoms with van der Waals surface area (Å²) in [5.41, 5.74) is 0.523. The summed E-state index contributed by atoms with van der Waals surface area (Å²) < 4.78 is 39.9. The zero-order chi connectivity index (χ0) is 22.9. The van der Waals surface area contributed by atoms with Gasteiger partial charge in [0, 0.05) is 32.2 Å². The number of hydrogen-bond acceptors (Lipinski definition) is 3. The van der Waals surface area contributed by atoms with Gasteiger partial charge in [0.05, 0.1) is 11.1 Å². The van der Waals surface area contributed by atoms with Gasteiger partial charge in [0.15, 0.2) is 0 Å². The number of rotatable bonds is 2. The van der Waals surface area contributed by atoms with E-state index >= 15 is 0 Å². The fourth-order valence-electron chi connectivity index (χ4n) is 4.41. The Morgan fingerprint density at radius 3 is 2.41 bits per heavy atom. The van der Waals surface area contributed by atoms with Crippen molar-refractivity contribution < 1.29 is 27.9 Å². The first-order valence-electron chi connectivity index (χ1n) is 10.5. The summed E-state index contributed by atoms with van der Waals surface area (Å²) in [5.74, 6) is -0.454. The number of urea groups is 1. The number of hydrogen-bond donors (Lipinski definition) is 2. The van der Waals surface area contributed by atoms with Gasteiger partial charge in [0.1, 0.15) is 5.75 Å². The second-order valence-electron chi connectivity index (χ2n) is 8.15. The second kappa shape index (κ2) is 8.72. The van der Waals surface area contributed by atoms with Crippen LogP contribution in [0.4, 0.5) is 18.0 Å². The maximum Gasteiger partial charge on any atom is 0.417 e. The molecule has 0 radical (unpaired) electrons. The molecule has 9 heteroatoms. The molecule has 1 fully saturated rings. The third-order valence-electron chi connectivity index (χ3n) is 6.03. The summed E-state index contributed by atoms with van der Waals surface area (Å²) in [5, 5.41) is 13.0. The van der Waals surface area contributed by atoms with Crippen LogP contribution in [0.3, 0.4) is 0 Å². The highest BCUT2D eigenvalue weighted by atomic mass is 19.4. The van der Waals surface area contributed by atoms with Crippen molar-refractivity contribution in [1.29, 1.82) is 0 Å². The molecule has 0 saturated carbocycles. The molecule has 1 heterocycles. The lowest BCUT2D eigenvalue weighted by atomic mass is 10.1. The Bertz CT molecular complexity index is 1030. The highest BCUT2D eigenvalue weighted by Crippen LogP contribution is 2.33. The van der Waals surface area contributed by atoms with Crippen LogP contribution in [-0.2, 0) is 19.0 Å². The lowest BCUT2D eigenvalue weighted by Gasteiger charge is -2.24. The van der Waals surface area contributed by atoms with Crippen molar-refractivity contribution in [3.8, 4) is 5.75 Å². The quantitative estimate of drug-likeness (QED) is 0.741. The van der Waals surface area contributed by atoms with Gasteiger partial charge in [-0.2, -0.15) is 13.2 Å². The number of alkyl halides is 3. The number of benzene rings is 2. The molecular formula is C23H24F3N3O3. The fraction of sp³-hybridized carbons (Fsp3) is 0.391. The normalized spacial score (nSPS) is 18.8. The van der Waals surface area contributed by atoms with Gasteiger partial charge in [-0.25, -0.2) is 4.79 Å². The number of phenolic OH excluding ortho intramolecular Hbond substituents is 1. The second-order valence-corrected chi connectivity index (χ2v) is 8.15. The highest BCUT2D eigenvalue weighted by Gasteiger charge is 2.36. The Balaban J connectivity index is 1.37. The van der Waals surface area contributed by atoms with Crippen molar-refractivity contribution in [2.75, 3.05) is 26.2 Å². The fourth-order valence-corrected chi connectivity index (χ4v) is 4.41. The van der Waals surface area contributed by atoms with E-state index in [9.17, 15) is 27.9 Å². The third-order valence-corrected chi connectivity index (χ3v) is 6.03. The minimum Gasteiger partial charge on any atom is -0.508 e. The van der Waals surface area contributed by atoms with E-state index in [-0.39, 0.29) is 43.0 Å². The molecule has 3 amide bonds. The molecule has 0 aromatic heterocycles. The van der Waals surface area contributed by atoms with Crippen molar-refractivity contribution in [3.63, 3.8) is 0 Å². The van der Waals surface area contributed by atoms with E-state index < -0.39 is 17.6 Å². The first kappa shape index (κ1) is 22.0. The van der Waals surface area contributed by atoms with E-state index in [0.717, 1.165) is 17.2 Å². The number of fused-ring (bicyclic) bond motifs is 1. The lowest BCUT2D eigenvalue weighted by Crippen LogP contribution is -2.46. The molecule has 170 valence electrons. The van der Waals surface area contributed by atoms with Crippen molar-refractivity contribution in [2.24, 2.45) is 0 Å². The summed E-state index contributed by atoms with van der Waals surface area (Å²) in [7, 11) is 0. The molecule has 6 nitrogen and oxygen atoms in total. The molecule has 4 rings (SSSR count). The Morgan fingerprint density at radius 2 is 1.66 bits per heavy atom. The molecule has 2 N–H and O–H groups in total.